The first-order chi connectivity index (χ1) is 16.1. The molecule has 0 radical (unpaired) electrons. The van der Waals surface area contributed by atoms with Crippen molar-refractivity contribution in [3.05, 3.63) is 76.5 Å². The summed E-state index contributed by atoms with van der Waals surface area (Å²) < 4.78 is 104. The quantitative estimate of drug-likeness (QED) is 0.397. The Morgan fingerprint density at radius 2 is 1.46 bits per heavy atom. The second-order valence-corrected chi connectivity index (χ2v) is 9.39. The Kier molecular flexibility index (Phi) is 6.93. The molecule has 35 heavy (non-hydrogen) atoms. The molecule has 0 saturated carbocycles. The van der Waals surface area contributed by atoms with E-state index >= 15 is 0 Å². The average molecular weight is 517 g/mol. The van der Waals surface area contributed by atoms with Crippen LogP contribution < -0.4 is 5.32 Å². The van der Waals surface area contributed by atoms with Gasteiger partial charge in [0, 0.05) is 25.3 Å². The van der Waals surface area contributed by atoms with Gasteiger partial charge in [0.2, 0.25) is 15.0 Å². The Labute approximate surface area is 196 Å². The fourth-order valence-corrected chi connectivity index (χ4v) is 3.79. The van der Waals surface area contributed by atoms with Crippen LogP contribution in [-0.2, 0) is 28.6 Å². The first-order valence-corrected chi connectivity index (χ1v) is 11.7. The van der Waals surface area contributed by atoms with Gasteiger partial charge >= 0.3 is 12.4 Å². The number of rotatable bonds is 5. The van der Waals surface area contributed by atoms with E-state index in [4.69, 9.17) is 0 Å². The minimum atomic E-state index is -5.08. The van der Waals surface area contributed by atoms with E-state index in [1.54, 1.807) is 18.2 Å². The number of nitrogens with zero attached hydrogens (tertiary/aromatic N) is 2. The first kappa shape index (κ1) is 26.1. The van der Waals surface area contributed by atoms with Crippen LogP contribution >= 0.6 is 0 Å². The maximum atomic E-state index is 13.3. The highest BCUT2D eigenvalue weighted by molar-refractivity contribution is 7.90. The molecule has 13 heteroatoms. The summed E-state index contributed by atoms with van der Waals surface area (Å²) in [5, 5.41) is 1.58. The standard InChI is InChI=1S/C22H17F6N3O3S/c1-29-19(32)17-16(10-12-8-14(21(23,24)25)11-15(9-12)22(26,27)28)30-20(35(2,33)34)31-18(17)13-6-4-3-5-7-13/h3-9,11H,10H2,1-2H3,(H,29,32). The van der Waals surface area contributed by atoms with Gasteiger partial charge in [-0.25, -0.2) is 18.4 Å². The summed E-state index contributed by atoms with van der Waals surface area (Å²) in [5.41, 5.74) is -4.07. The zero-order valence-corrected chi connectivity index (χ0v) is 18.9. The lowest BCUT2D eigenvalue weighted by molar-refractivity contribution is -0.143. The maximum Gasteiger partial charge on any atom is 0.416 e. The molecule has 0 atom stereocenters. The van der Waals surface area contributed by atoms with Gasteiger partial charge < -0.3 is 5.32 Å². The number of sulfone groups is 1. The predicted octanol–water partition coefficient (Wildman–Crippen LogP) is 4.54. The second kappa shape index (κ2) is 9.29. The summed E-state index contributed by atoms with van der Waals surface area (Å²) in [7, 11) is -2.83. The Balaban J connectivity index is 2.33. The lowest BCUT2D eigenvalue weighted by atomic mass is 9.97. The number of alkyl halides is 6. The van der Waals surface area contributed by atoms with Gasteiger partial charge in [0.1, 0.15) is 0 Å². The van der Waals surface area contributed by atoms with Gasteiger partial charge in [-0.05, 0) is 23.8 Å². The molecule has 3 aromatic rings. The monoisotopic (exact) mass is 517 g/mol. The molecule has 0 aliphatic heterocycles. The summed E-state index contributed by atoms with van der Waals surface area (Å²) in [6, 6.07) is 8.78. The van der Waals surface area contributed by atoms with Gasteiger partial charge in [0.15, 0.2) is 0 Å². The van der Waals surface area contributed by atoms with Gasteiger partial charge in [-0.3, -0.25) is 4.79 Å². The first-order valence-electron chi connectivity index (χ1n) is 9.78. The molecule has 0 spiro atoms. The Hall–Kier alpha value is -3.48. The molecule has 6 nitrogen and oxygen atoms in total. The highest BCUT2D eigenvalue weighted by atomic mass is 32.2. The van der Waals surface area contributed by atoms with Crippen LogP contribution in [-0.4, -0.2) is 37.6 Å². The van der Waals surface area contributed by atoms with Crippen LogP contribution in [0, 0.1) is 0 Å². The van der Waals surface area contributed by atoms with Gasteiger partial charge in [-0.1, -0.05) is 30.3 Å². The molecule has 0 aliphatic carbocycles. The van der Waals surface area contributed by atoms with Gasteiger partial charge in [0.25, 0.3) is 5.91 Å². The number of carbonyl (C=O) groups excluding carboxylic acids is 1. The lowest BCUT2D eigenvalue weighted by Gasteiger charge is -2.17. The van der Waals surface area contributed by atoms with Crippen LogP contribution in [0.25, 0.3) is 11.3 Å². The highest BCUT2D eigenvalue weighted by Crippen LogP contribution is 2.37. The second-order valence-electron chi connectivity index (χ2n) is 7.48. The lowest BCUT2D eigenvalue weighted by Crippen LogP contribution is -2.24. The molecule has 0 aliphatic rings. The van der Waals surface area contributed by atoms with E-state index in [9.17, 15) is 39.6 Å². The highest BCUT2D eigenvalue weighted by Gasteiger charge is 2.37. The van der Waals surface area contributed by atoms with E-state index in [2.05, 4.69) is 15.3 Å². The minimum absolute atomic E-state index is 0.0273. The fourth-order valence-electron chi connectivity index (χ4n) is 3.26. The molecule has 1 aromatic heterocycles. The van der Waals surface area contributed by atoms with Crippen molar-refractivity contribution in [3.8, 4) is 11.3 Å². The van der Waals surface area contributed by atoms with Crippen LogP contribution in [0.5, 0.6) is 0 Å². The summed E-state index contributed by atoms with van der Waals surface area (Å²) in [6.07, 6.45) is -10.1. The van der Waals surface area contributed by atoms with Crippen molar-refractivity contribution in [2.45, 2.75) is 23.9 Å². The van der Waals surface area contributed by atoms with Crippen LogP contribution in [0.3, 0.4) is 0 Å². The van der Waals surface area contributed by atoms with Crippen molar-refractivity contribution in [2.75, 3.05) is 13.3 Å². The largest absolute Gasteiger partial charge is 0.416 e. The van der Waals surface area contributed by atoms with E-state index in [-0.39, 0.29) is 23.0 Å². The zero-order chi connectivity index (χ0) is 26.2. The van der Waals surface area contributed by atoms with Crippen molar-refractivity contribution in [1.29, 1.82) is 0 Å². The van der Waals surface area contributed by atoms with Crippen LogP contribution in [0.1, 0.15) is 32.7 Å². The van der Waals surface area contributed by atoms with Gasteiger partial charge in [0.05, 0.1) is 28.1 Å². The molecule has 186 valence electrons. The molecule has 0 fully saturated rings. The van der Waals surface area contributed by atoms with Crippen molar-refractivity contribution in [3.63, 3.8) is 0 Å². The Bertz CT molecular complexity index is 1340. The summed E-state index contributed by atoms with van der Waals surface area (Å²) in [6.45, 7) is 0. The average Bonchev–Trinajstić information content (AvgIpc) is 2.76. The van der Waals surface area contributed by atoms with E-state index < -0.39 is 56.4 Å². The van der Waals surface area contributed by atoms with E-state index in [1.165, 1.54) is 19.2 Å². The van der Waals surface area contributed by atoms with E-state index in [0.717, 1.165) is 6.26 Å². The zero-order valence-electron chi connectivity index (χ0n) is 18.1. The number of hydrogen-bond acceptors (Lipinski definition) is 5. The number of nitrogens with one attached hydrogen (secondary N) is 1. The topological polar surface area (TPSA) is 89.0 Å². The van der Waals surface area contributed by atoms with Crippen LogP contribution in [0.15, 0.2) is 53.7 Å². The summed E-state index contributed by atoms with van der Waals surface area (Å²) >= 11 is 0. The molecule has 3 rings (SSSR count). The summed E-state index contributed by atoms with van der Waals surface area (Å²) in [4.78, 5) is 20.6. The number of amides is 1. The number of carbonyl (C=O) groups is 1. The van der Waals surface area contributed by atoms with Crippen molar-refractivity contribution in [2.24, 2.45) is 0 Å². The van der Waals surface area contributed by atoms with Crippen molar-refractivity contribution < 1.29 is 39.6 Å². The molecular weight excluding hydrogens is 500 g/mol. The van der Waals surface area contributed by atoms with Crippen molar-refractivity contribution in [1.82, 2.24) is 15.3 Å². The molecule has 0 unspecified atom stereocenters. The molecule has 1 N–H and O–H groups in total. The third-order valence-corrected chi connectivity index (χ3v) is 5.66. The fraction of sp³-hybridized carbons (Fsp3) is 0.227. The summed E-state index contributed by atoms with van der Waals surface area (Å²) in [5.74, 6) is -0.804. The third kappa shape index (κ3) is 5.96. The SMILES string of the molecule is CNC(=O)c1c(Cc2cc(C(F)(F)F)cc(C(F)(F)F)c2)nc(S(C)(=O)=O)nc1-c1ccccc1. The van der Waals surface area contributed by atoms with Crippen LogP contribution in [0.4, 0.5) is 26.3 Å². The smallest absolute Gasteiger partial charge is 0.355 e. The molecule has 1 amide bonds. The Morgan fingerprint density at radius 1 is 0.914 bits per heavy atom. The third-order valence-electron chi connectivity index (χ3n) is 4.82. The maximum absolute atomic E-state index is 13.3. The molecule has 2 aromatic carbocycles. The number of aromatic nitrogens is 2. The molecule has 0 saturated heterocycles. The normalized spacial score (nSPS) is 12.5. The predicted molar refractivity (Wildman–Crippen MR) is 113 cm³/mol. The molecular formula is C22H17F6N3O3S. The van der Waals surface area contributed by atoms with Crippen molar-refractivity contribution >= 4 is 15.7 Å². The van der Waals surface area contributed by atoms with E-state index in [0.29, 0.717) is 17.7 Å². The van der Waals surface area contributed by atoms with Gasteiger partial charge in [-0.15, -0.1) is 0 Å². The van der Waals surface area contributed by atoms with E-state index in [1.807, 2.05) is 0 Å². The Morgan fingerprint density at radius 3 is 1.91 bits per heavy atom. The molecule has 0 bridgehead atoms. The molecule has 1 heterocycles. The minimum Gasteiger partial charge on any atom is -0.355 e. The van der Waals surface area contributed by atoms with Gasteiger partial charge in [-0.2, -0.15) is 26.3 Å². The number of benzene rings is 2. The number of halogens is 6. The van der Waals surface area contributed by atoms with Crippen LogP contribution in [0.2, 0.25) is 0 Å². The number of hydrogen-bond donors (Lipinski definition) is 1.